The molecule has 4 aromatic rings. The van der Waals surface area contributed by atoms with Crippen LogP contribution in [0.2, 0.25) is 0 Å². The Morgan fingerprint density at radius 1 is 1.23 bits per heavy atom. The molecule has 0 atom stereocenters. The van der Waals surface area contributed by atoms with E-state index in [0.29, 0.717) is 13.1 Å². The van der Waals surface area contributed by atoms with Gasteiger partial charge in [-0.1, -0.05) is 18.2 Å². The number of aromatic amines is 1. The quantitative estimate of drug-likeness (QED) is 0.435. The van der Waals surface area contributed by atoms with Gasteiger partial charge in [-0.15, -0.1) is 0 Å². The Morgan fingerprint density at radius 3 is 2.83 bits per heavy atom. The lowest BCUT2D eigenvalue weighted by molar-refractivity contribution is -0.139. The van der Waals surface area contributed by atoms with E-state index in [-0.39, 0.29) is 11.2 Å². The molecule has 1 fully saturated rings. The van der Waals surface area contributed by atoms with Gasteiger partial charge in [-0.3, -0.25) is 14.9 Å². The van der Waals surface area contributed by atoms with Gasteiger partial charge in [0.15, 0.2) is 0 Å². The summed E-state index contributed by atoms with van der Waals surface area (Å²) in [6, 6.07) is 12.4. The molecule has 0 saturated carbocycles. The SMILES string of the molecule is BC1(c2ccc(-c3n[nH]c4cc(OC)c(-c5cccc6c5CCC6)nc34)cn2)CN(C(=O)CO)C1. The Labute approximate surface area is 203 Å². The predicted molar refractivity (Wildman–Crippen MR) is 135 cm³/mol. The number of aliphatic hydroxyl groups is 1. The number of carbonyl (C=O) groups is 1. The zero-order valence-corrected chi connectivity index (χ0v) is 19.8. The summed E-state index contributed by atoms with van der Waals surface area (Å²) < 4.78 is 5.72. The first-order valence-electron chi connectivity index (χ1n) is 11.9. The number of nitrogens with zero attached hydrogens (tertiary/aromatic N) is 4. The zero-order valence-electron chi connectivity index (χ0n) is 19.8. The number of aryl methyl sites for hydroxylation is 1. The summed E-state index contributed by atoms with van der Waals surface area (Å²) in [6.07, 6.45) is 5.14. The molecule has 4 heterocycles. The van der Waals surface area contributed by atoms with Crippen molar-refractivity contribution in [2.75, 3.05) is 26.8 Å². The molecule has 1 amide bonds. The highest BCUT2D eigenvalue weighted by Gasteiger charge is 2.43. The Kier molecular flexibility index (Phi) is 5.11. The van der Waals surface area contributed by atoms with Gasteiger partial charge in [0.05, 0.1) is 12.6 Å². The number of methoxy groups -OCH3 is 1. The Bertz CT molecular complexity index is 1440. The lowest BCUT2D eigenvalue weighted by Crippen LogP contribution is -2.62. The molecular formula is C26H26BN5O3. The summed E-state index contributed by atoms with van der Waals surface area (Å²) in [7, 11) is 3.75. The van der Waals surface area contributed by atoms with Gasteiger partial charge < -0.3 is 14.7 Å². The van der Waals surface area contributed by atoms with E-state index in [1.165, 1.54) is 11.1 Å². The van der Waals surface area contributed by atoms with E-state index in [1.54, 1.807) is 12.0 Å². The average Bonchev–Trinajstić information content (AvgIpc) is 3.52. The van der Waals surface area contributed by atoms with E-state index in [4.69, 9.17) is 19.8 Å². The van der Waals surface area contributed by atoms with Crippen molar-refractivity contribution in [2.45, 2.75) is 24.6 Å². The van der Waals surface area contributed by atoms with Gasteiger partial charge in [-0.05, 0) is 42.5 Å². The molecule has 176 valence electrons. The normalized spacial score (nSPS) is 16.2. The number of ether oxygens (including phenoxy) is 1. The van der Waals surface area contributed by atoms with Crippen LogP contribution in [0.1, 0.15) is 23.2 Å². The molecule has 0 spiro atoms. The molecular weight excluding hydrogens is 441 g/mol. The van der Waals surface area contributed by atoms with Gasteiger partial charge in [0, 0.05) is 47.5 Å². The van der Waals surface area contributed by atoms with Gasteiger partial charge in [-0.25, -0.2) is 4.98 Å². The molecule has 1 aliphatic carbocycles. The molecule has 2 N–H and O–H groups in total. The van der Waals surface area contributed by atoms with E-state index in [9.17, 15) is 4.79 Å². The van der Waals surface area contributed by atoms with Crippen LogP contribution in [-0.4, -0.2) is 70.7 Å². The molecule has 35 heavy (non-hydrogen) atoms. The van der Waals surface area contributed by atoms with Crippen LogP contribution in [0.4, 0.5) is 0 Å². The number of nitrogens with one attached hydrogen (secondary N) is 1. The number of fused-ring (bicyclic) bond motifs is 2. The van der Waals surface area contributed by atoms with Crippen LogP contribution in [0.15, 0.2) is 42.6 Å². The van der Waals surface area contributed by atoms with Crippen LogP contribution in [0.25, 0.3) is 33.5 Å². The van der Waals surface area contributed by atoms with Crippen LogP contribution >= 0.6 is 0 Å². The van der Waals surface area contributed by atoms with Gasteiger partial charge in [0.2, 0.25) is 5.91 Å². The number of aliphatic hydroxyl groups excluding tert-OH is 1. The molecule has 2 aliphatic rings. The van der Waals surface area contributed by atoms with Gasteiger partial charge >= 0.3 is 0 Å². The fourth-order valence-corrected chi connectivity index (χ4v) is 5.45. The number of pyridine rings is 2. The summed E-state index contributed by atoms with van der Waals surface area (Å²) in [5, 5.41) is 16.5. The maximum absolute atomic E-state index is 11.7. The van der Waals surface area contributed by atoms with Crippen molar-refractivity contribution in [1.29, 1.82) is 0 Å². The number of aromatic nitrogens is 4. The number of amides is 1. The summed E-state index contributed by atoms with van der Waals surface area (Å²) in [5.41, 5.74) is 8.82. The highest BCUT2D eigenvalue weighted by Crippen LogP contribution is 2.39. The van der Waals surface area contributed by atoms with E-state index < -0.39 is 6.61 Å². The summed E-state index contributed by atoms with van der Waals surface area (Å²) in [4.78, 5) is 23.1. The topological polar surface area (TPSA) is 104 Å². The number of hydrogen-bond donors (Lipinski definition) is 2. The highest BCUT2D eigenvalue weighted by molar-refractivity contribution is 6.17. The third-order valence-corrected chi connectivity index (χ3v) is 7.34. The maximum Gasteiger partial charge on any atom is 0.248 e. The molecule has 8 nitrogen and oxygen atoms in total. The van der Waals surface area contributed by atoms with Crippen molar-refractivity contribution in [3.63, 3.8) is 0 Å². The first-order valence-corrected chi connectivity index (χ1v) is 11.9. The second kappa shape index (κ2) is 8.20. The van der Waals surface area contributed by atoms with Crippen LogP contribution in [0, 0.1) is 0 Å². The number of rotatable bonds is 5. The summed E-state index contributed by atoms with van der Waals surface area (Å²) >= 11 is 0. The summed E-state index contributed by atoms with van der Waals surface area (Å²) in [6.45, 7) is 0.645. The molecule has 0 radical (unpaired) electrons. The lowest BCUT2D eigenvalue weighted by Gasteiger charge is -2.47. The third kappa shape index (κ3) is 3.49. The second-order valence-corrected chi connectivity index (χ2v) is 9.71. The second-order valence-electron chi connectivity index (χ2n) is 9.71. The van der Waals surface area contributed by atoms with Gasteiger partial charge in [-0.2, -0.15) is 5.10 Å². The molecule has 0 unspecified atom stereocenters. The molecule has 9 heteroatoms. The van der Waals surface area contributed by atoms with Crippen molar-refractivity contribution in [3.05, 3.63) is 59.4 Å². The van der Waals surface area contributed by atoms with Crippen LogP contribution < -0.4 is 4.74 Å². The first kappa shape index (κ1) is 21.8. The molecule has 3 aromatic heterocycles. The molecule has 1 aromatic carbocycles. The molecule has 6 rings (SSSR count). The van der Waals surface area contributed by atoms with E-state index in [1.807, 2.05) is 24.4 Å². The smallest absolute Gasteiger partial charge is 0.248 e. The molecule has 1 aliphatic heterocycles. The Balaban J connectivity index is 1.36. The monoisotopic (exact) mass is 467 g/mol. The number of hydrogen-bond acceptors (Lipinski definition) is 6. The number of likely N-dealkylation sites (tertiary alicyclic amines) is 1. The van der Waals surface area contributed by atoms with E-state index in [2.05, 4.69) is 36.2 Å². The third-order valence-electron chi connectivity index (χ3n) is 7.34. The van der Waals surface area contributed by atoms with Crippen molar-refractivity contribution in [2.24, 2.45) is 0 Å². The van der Waals surface area contributed by atoms with Crippen molar-refractivity contribution < 1.29 is 14.6 Å². The van der Waals surface area contributed by atoms with E-state index in [0.717, 1.165) is 64.3 Å². The van der Waals surface area contributed by atoms with Crippen LogP contribution in [0.3, 0.4) is 0 Å². The zero-order chi connectivity index (χ0) is 24.2. The van der Waals surface area contributed by atoms with Crippen molar-refractivity contribution in [3.8, 4) is 28.3 Å². The minimum Gasteiger partial charge on any atom is -0.494 e. The van der Waals surface area contributed by atoms with Crippen molar-refractivity contribution in [1.82, 2.24) is 25.1 Å². The number of H-pyrrole nitrogens is 1. The summed E-state index contributed by atoms with van der Waals surface area (Å²) in [5.74, 6) is 0.477. The maximum atomic E-state index is 11.7. The van der Waals surface area contributed by atoms with E-state index >= 15 is 0 Å². The highest BCUT2D eigenvalue weighted by atomic mass is 16.5. The van der Waals surface area contributed by atoms with Crippen LogP contribution in [-0.2, 0) is 23.0 Å². The molecule has 0 bridgehead atoms. The minimum atomic E-state index is -0.458. The Morgan fingerprint density at radius 2 is 2.09 bits per heavy atom. The first-order chi connectivity index (χ1) is 17.0. The van der Waals surface area contributed by atoms with Gasteiger partial charge in [0.1, 0.15) is 37.1 Å². The average molecular weight is 467 g/mol. The number of carbonyl (C=O) groups excluding carboxylic acids is 1. The number of benzene rings is 1. The Hall–Kier alpha value is -3.72. The van der Waals surface area contributed by atoms with Gasteiger partial charge in [0.25, 0.3) is 0 Å². The lowest BCUT2D eigenvalue weighted by atomic mass is 9.60. The standard InChI is InChI=1S/C26H26BN5O3/c1-35-20-10-19-25(29-24(20)18-7-3-5-15-4-2-6-17(15)18)23(31-30-19)16-8-9-21(28-11-16)26(27)13-32(14-26)22(34)12-33/h3,5,7-11,33H,2,4,6,12-14,27H2,1H3,(H,30,31). The molecule has 1 saturated heterocycles. The van der Waals surface area contributed by atoms with Crippen LogP contribution in [0.5, 0.6) is 5.75 Å². The van der Waals surface area contributed by atoms with Crippen molar-refractivity contribution >= 4 is 24.8 Å². The fourth-order valence-electron chi connectivity index (χ4n) is 5.45. The fraction of sp³-hybridized carbons (Fsp3) is 0.308. The predicted octanol–water partition coefficient (Wildman–Crippen LogP) is 1.85. The largest absolute Gasteiger partial charge is 0.494 e. The minimum absolute atomic E-state index is 0.219.